The first-order chi connectivity index (χ1) is 22.0. The van der Waals surface area contributed by atoms with Crippen molar-refractivity contribution < 1.29 is 29.4 Å². The van der Waals surface area contributed by atoms with E-state index in [1.54, 1.807) is 0 Å². The van der Waals surface area contributed by atoms with E-state index in [2.05, 4.69) is 15.5 Å². The van der Waals surface area contributed by atoms with Crippen LogP contribution in [0.3, 0.4) is 0 Å². The van der Waals surface area contributed by atoms with E-state index in [0.717, 1.165) is 10.4 Å². The summed E-state index contributed by atoms with van der Waals surface area (Å²) in [5, 5.41) is 25.5. The molecule has 0 spiro atoms. The van der Waals surface area contributed by atoms with Gasteiger partial charge in [-0.3, -0.25) is 38.7 Å². The number of carboxylic acids is 2. The van der Waals surface area contributed by atoms with Gasteiger partial charge in [0, 0.05) is 75.4 Å². The van der Waals surface area contributed by atoms with Crippen molar-refractivity contribution in [1.29, 1.82) is 0 Å². The minimum atomic E-state index is -1.10. The number of amides is 1. The fourth-order valence-electron chi connectivity index (χ4n) is 5.31. The van der Waals surface area contributed by atoms with E-state index in [1.807, 2.05) is 46.2 Å². The number of hydrogen-bond acceptors (Lipinski definition) is 11. The minimum Gasteiger partial charge on any atom is -0.481 e. The van der Waals surface area contributed by atoms with Crippen molar-refractivity contribution in [2.24, 2.45) is 5.92 Å². The molecule has 4 rings (SSSR count). The Morgan fingerprint density at radius 1 is 0.870 bits per heavy atom. The molecule has 3 aromatic rings. The molecule has 0 unspecified atom stereocenters. The van der Waals surface area contributed by atoms with Crippen LogP contribution in [0, 0.1) is 5.92 Å². The van der Waals surface area contributed by atoms with Crippen molar-refractivity contribution in [1.82, 2.24) is 30.3 Å². The Kier molecular flexibility index (Phi) is 12.7. The number of aromatic nitrogens is 1. The Labute approximate surface area is 271 Å². The Morgan fingerprint density at radius 2 is 1.52 bits per heavy atom. The summed E-state index contributed by atoms with van der Waals surface area (Å²) in [4.78, 5) is 72.6. The number of rotatable bonds is 11. The molecule has 1 aliphatic rings. The van der Waals surface area contributed by atoms with Crippen LogP contribution >= 0.6 is 11.3 Å². The summed E-state index contributed by atoms with van der Waals surface area (Å²) in [5.74, 6) is -3.34. The largest absolute Gasteiger partial charge is 0.481 e. The molecule has 1 aromatic carbocycles. The molecule has 3 heterocycles. The average molecular weight is 655 g/mol. The quantitative estimate of drug-likeness (QED) is 0.217. The first-order valence-corrected chi connectivity index (χ1v) is 16.3. The summed E-state index contributed by atoms with van der Waals surface area (Å²) >= 11 is 1.47. The molecule has 1 saturated heterocycles. The molecule has 2 aromatic heterocycles. The zero-order valence-corrected chi connectivity index (χ0v) is 27.1. The van der Waals surface area contributed by atoms with Crippen LogP contribution in [0.1, 0.15) is 26.0 Å². The summed E-state index contributed by atoms with van der Waals surface area (Å²) < 4.78 is 0.869. The second-order valence-electron chi connectivity index (χ2n) is 11.8. The van der Waals surface area contributed by atoms with E-state index in [-0.39, 0.29) is 36.6 Å². The van der Waals surface area contributed by atoms with Crippen LogP contribution in [0.25, 0.3) is 20.3 Å². The maximum atomic E-state index is 13.1. The number of carbonyl (C=O) groups excluding carboxylic acids is 2. The molecule has 1 amide bonds. The number of carboxylic acid groups (broad SMARTS) is 2. The fraction of sp³-hybridized carbons (Fsp3) is 0.500. The summed E-state index contributed by atoms with van der Waals surface area (Å²) in [6.07, 6.45) is -0.0287. The number of ketones is 1. The average Bonchev–Trinajstić information content (AvgIpc) is 3.00. The van der Waals surface area contributed by atoms with E-state index in [9.17, 15) is 34.2 Å². The lowest BCUT2D eigenvalue weighted by molar-refractivity contribution is -0.143. The first kappa shape index (κ1) is 35.0. The number of carbonyl (C=O) groups is 4. The zero-order chi connectivity index (χ0) is 33.2. The Hall–Kier alpha value is -3.82. The van der Waals surface area contributed by atoms with Crippen LogP contribution in [0.15, 0.2) is 41.2 Å². The highest BCUT2D eigenvalue weighted by Gasteiger charge is 2.21. The molecular formula is C32H42N6O7S. The maximum Gasteiger partial charge on any atom is 0.325 e. The molecule has 13 nitrogen and oxygen atoms in total. The van der Waals surface area contributed by atoms with Crippen LogP contribution in [0.4, 0.5) is 0 Å². The number of hydrogen-bond donors (Lipinski definition) is 4. The second-order valence-corrected chi connectivity index (χ2v) is 12.8. The highest BCUT2D eigenvalue weighted by atomic mass is 32.1. The van der Waals surface area contributed by atoms with E-state index >= 15 is 0 Å². The zero-order valence-electron chi connectivity index (χ0n) is 26.2. The van der Waals surface area contributed by atoms with Gasteiger partial charge in [0.05, 0.1) is 30.1 Å². The predicted molar refractivity (Wildman–Crippen MR) is 176 cm³/mol. The van der Waals surface area contributed by atoms with E-state index in [1.165, 1.54) is 25.2 Å². The number of pyridine rings is 1. The van der Waals surface area contributed by atoms with E-state index in [4.69, 9.17) is 4.98 Å². The van der Waals surface area contributed by atoms with Crippen molar-refractivity contribution >= 4 is 55.3 Å². The molecule has 46 heavy (non-hydrogen) atoms. The number of benzene rings is 1. The molecule has 4 N–H and O–H groups in total. The lowest BCUT2D eigenvalue weighted by Crippen LogP contribution is -2.49. The summed E-state index contributed by atoms with van der Waals surface area (Å²) in [6.45, 7) is 8.14. The number of nitrogens with zero attached hydrogens (tertiary/aromatic N) is 4. The summed E-state index contributed by atoms with van der Waals surface area (Å²) in [5.41, 5.74) is 0.733. The number of nitrogens with one attached hydrogen (secondary N) is 2. The minimum absolute atomic E-state index is 0.0287. The van der Waals surface area contributed by atoms with Crippen LogP contribution < -0.4 is 16.1 Å². The van der Waals surface area contributed by atoms with Gasteiger partial charge in [-0.1, -0.05) is 19.1 Å². The second kappa shape index (κ2) is 16.7. The molecule has 1 fully saturated rings. The van der Waals surface area contributed by atoms with Gasteiger partial charge in [0.25, 0.3) is 0 Å². The molecule has 1 aliphatic heterocycles. The van der Waals surface area contributed by atoms with Crippen LogP contribution in [-0.4, -0.2) is 125 Å². The normalized spacial score (nSPS) is 17.5. The van der Waals surface area contributed by atoms with Crippen molar-refractivity contribution in [3.63, 3.8) is 0 Å². The molecule has 0 bridgehead atoms. The number of Topliss-reactive ketones (excluding diaryl/α,β-unsaturated/α-hetero) is 1. The lowest BCUT2D eigenvalue weighted by atomic mass is 10.0. The molecule has 0 aliphatic carbocycles. The van der Waals surface area contributed by atoms with Crippen LogP contribution in [0.2, 0.25) is 0 Å². The predicted octanol–water partition coefficient (Wildman–Crippen LogP) is 1.09. The van der Waals surface area contributed by atoms with Gasteiger partial charge in [0.1, 0.15) is 16.7 Å². The van der Waals surface area contributed by atoms with Crippen LogP contribution in [-0.2, 0) is 25.7 Å². The molecule has 248 valence electrons. The molecule has 14 heteroatoms. The highest BCUT2D eigenvalue weighted by Crippen LogP contribution is 2.23. The molecular weight excluding hydrogens is 612 g/mol. The SMILES string of the molecule is C[C@H](CC(=O)CN1CCNCCN(CC(=O)N[C@@H](C)C(=O)O)CCN(Cc2ccc3c(=O)c4ccccc4sc3n2)CC1)C(=O)O. The van der Waals surface area contributed by atoms with Crippen molar-refractivity contribution in [3.8, 4) is 0 Å². The van der Waals surface area contributed by atoms with Gasteiger partial charge in [-0.15, -0.1) is 11.3 Å². The smallest absolute Gasteiger partial charge is 0.325 e. The number of fused-ring (bicyclic) bond motifs is 2. The van der Waals surface area contributed by atoms with Gasteiger partial charge in [-0.25, -0.2) is 4.98 Å². The Balaban J connectivity index is 1.52. The van der Waals surface area contributed by atoms with Crippen molar-refractivity contribution in [2.75, 3.05) is 65.4 Å². The third kappa shape index (κ3) is 10.1. The topological polar surface area (TPSA) is 172 Å². The maximum absolute atomic E-state index is 13.1. The van der Waals surface area contributed by atoms with Crippen molar-refractivity contribution in [3.05, 3.63) is 52.3 Å². The molecule has 2 atom stereocenters. The Bertz CT molecular complexity index is 1560. The van der Waals surface area contributed by atoms with Gasteiger partial charge >= 0.3 is 11.9 Å². The van der Waals surface area contributed by atoms with E-state index < -0.39 is 23.9 Å². The highest BCUT2D eigenvalue weighted by molar-refractivity contribution is 7.24. The molecule has 0 saturated carbocycles. The van der Waals surface area contributed by atoms with Gasteiger partial charge in [-0.2, -0.15) is 0 Å². The monoisotopic (exact) mass is 654 g/mol. The summed E-state index contributed by atoms with van der Waals surface area (Å²) in [6, 6.07) is 10.2. The van der Waals surface area contributed by atoms with E-state index in [0.29, 0.717) is 74.5 Å². The van der Waals surface area contributed by atoms with Gasteiger partial charge in [0.15, 0.2) is 5.43 Å². The Morgan fingerprint density at radius 3 is 2.20 bits per heavy atom. The fourth-order valence-corrected chi connectivity index (χ4v) is 6.37. The van der Waals surface area contributed by atoms with Gasteiger partial charge in [0.2, 0.25) is 5.91 Å². The number of aliphatic carboxylic acids is 2. The van der Waals surface area contributed by atoms with Crippen molar-refractivity contribution in [2.45, 2.75) is 32.9 Å². The third-order valence-electron chi connectivity index (χ3n) is 8.03. The standard InChI is InChI=1S/C32H42N6O7S/c1-21(31(42)43)17-24(39)19-36-11-9-33-10-12-37(20-28(40)34-22(2)32(44)45)14-16-38(15-13-36)18-23-7-8-26-29(41)25-5-3-4-6-27(25)46-30(26)35-23/h3-8,21-22,33H,9-20H2,1-2H3,(H,34,40)(H,42,43)(H,44,45)/t21-,22+/m1/s1. The lowest BCUT2D eigenvalue weighted by Gasteiger charge is -2.31. The summed E-state index contributed by atoms with van der Waals surface area (Å²) in [7, 11) is 0. The first-order valence-electron chi connectivity index (χ1n) is 15.5. The van der Waals surface area contributed by atoms with Crippen LogP contribution in [0.5, 0.6) is 0 Å². The molecule has 0 radical (unpaired) electrons. The third-order valence-corrected chi connectivity index (χ3v) is 9.11. The van der Waals surface area contributed by atoms with Gasteiger partial charge < -0.3 is 20.8 Å². The van der Waals surface area contributed by atoms with Gasteiger partial charge in [-0.05, 0) is 31.2 Å².